The first kappa shape index (κ1) is 20.0. The van der Waals surface area contributed by atoms with E-state index in [0.29, 0.717) is 11.3 Å². The van der Waals surface area contributed by atoms with Gasteiger partial charge in [-0.15, -0.1) is 0 Å². The van der Waals surface area contributed by atoms with Crippen LogP contribution >= 0.6 is 0 Å². The molecule has 0 unspecified atom stereocenters. The van der Waals surface area contributed by atoms with Crippen LogP contribution in [0, 0.1) is 0 Å². The molecule has 1 N–H and O–H groups in total. The SMILES string of the molecule is O=C(COC(=O)[C@@]12CCC(=O)N1c1ccccc1C(=O)N2C1CC1)NC1CCCCC1. The number of fused-ring (bicyclic) bond motifs is 3. The minimum absolute atomic E-state index is 0.0992. The van der Waals surface area contributed by atoms with Gasteiger partial charge in [-0.05, 0) is 37.8 Å². The van der Waals surface area contributed by atoms with Crippen molar-refractivity contribution in [1.82, 2.24) is 10.2 Å². The molecule has 0 aromatic heterocycles. The molecule has 8 nitrogen and oxygen atoms in total. The van der Waals surface area contributed by atoms with Gasteiger partial charge in [0.1, 0.15) is 0 Å². The maximum atomic E-state index is 13.5. The van der Waals surface area contributed by atoms with E-state index >= 15 is 0 Å². The van der Waals surface area contributed by atoms with Gasteiger partial charge in [-0.25, -0.2) is 4.79 Å². The number of nitrogens with zero attached hydrogens (tertiary/aromatic N) is 2. The third-order valence-corrected chi connectivity index (χ3v) is 6.84. The lowest BCUT2D eigenvalue weighted by atomic mass is 9.95. The number of nitrogens with one attached hydrogen (secondary N) is 1. The maximum Gasteiger partial charge on any atom is 0.354 e. The molecule has 2 aliphatic heterocycles. The number of hydrogen-bond acceptors (Lipinski definition) is 5. The molecule has 164 valence electrons. The molecule has 3 amide bonds. The highest BCUT2D eigenvalue weighted by Gasteiger charge is 2.64. The third kappa shape index (κ3) is 3.28. The van der Waals surface area contributed by atoms with E-state index in [0.717, 1.165) is 38.5 Å². The normalized spacial score (nSPS) is 25.8. The zero-order valence-corrected chi connectivity index (χ0v) is 17.5. The lowest BCUT2D eigenvalue weighted by Crippen LogP contribution is -2.69. The number of carbonyl (C=O) groups excluding carboxylic acids is 4. The molecule has 5 rings (SSSR count). The van der Waals surface area contributed by atoms with Crippen LogP contribution in [0.3, 0.4) is 0 Å². The average Bonchev–Trinajstić information content (AvgIpc) is 3.55. The van der Waals surface area contributed by atoms with Crippen molar-refractivity contribution in [2.75, 3.05) is 11.5 Å². The second kappa shape index (κ2) is 7.66. The monoisotopic (exact) mass is 425 g/mol. The number of ether oxygens (including phenoxy) is 1. The van der Waals surface area contributed by atoms with E-state index in [1.165, 1.54) is 11.3 Å². The summed E-state index contributed by atoms with van der Waals surface area (Å²) < 4.78 is 5.47. The van der Waals surface area contributed by atoms with Crippen LogP contribution in [0.2, 0.25) is 0 Å². The molecule has 1 aromatic rings. The van der Waals surface area contributed by atoms with Crippen LogP contribution in [-0.2, 0) is 19.1 Å². The fourth-order valence-electron chi connectivity index (χ4n) is 5.28. The summed E-state index contributed by atoms with van der Waals surface area (Å²) in [6.45, 7) is -0.409. The Morgan fingerprint density at radius 1 is 1.06 bits per heavy atom. The second-order valence-electron chi connectivity index (χ2n) is 8.95. The highest BCUT2D eigenvalue weighted by atomic mass is 16.5. The van der Waals surface area contributed by atoms with E-state index < -0.39 is 18.2 Å². The average molecular weight is 425 g/mol. The summed E-state index contributed by atoms with van der Waals surface area (Å²) in [4.78, 5) is 55.1. The fourth-order valence-corrected chi connectivity index (χ4v) is 5.28. The van der Waals surface area contributed by atoms with Gasteiger partial charge >= 0.3 is 5.97 Å². The molecule has 2 heterocycles. The molecule has 8 heteroatoms. The van der Waals surface area contributed by atoms with Crippen LogP contribution in [0.15, 0.2) is 24.3 Å². The van der Waals surface area contributed by atoms with E-state index in [1.54, 1.807) is 29.2 Å². The fraction of sp³-hybridized carbons (Fsp3) is 0.565. The van der Waals surface area contributed by atoms with Crippen molar-refractivity contribution < 1.29 is 23.9 Å². The molecular formula is C23H27N3O5. The Balaban J connectivity index is 1.40. The Kier molecular flexibility index (Phi) is 4.95. The smallest absolute Gasteiger partial charge is 0.354 e. The standard InChI is InChI=1S/C23H27N3O5/c27-19(24-15-6-2-1-3-7-15)14-31-22(30)23-13-12-20(28)26(23)18-9-5-4-8-17(18)21(29)25(23)16-10-11-16/h4-5,8-9,15-16H,1-3,6-7,10-14H2,(H,24,27)/t23-/m1/s1. The lowest BCUT2D eigenvalue weighted by Gasteiger charge is -2.48. The quantitative estimate of drug-likeness (QED) is 0.729. The summed E-state index contributed by atoms with van der Waals surface area (Å²) in [6.07, 6.45) is 7.12. The molecule has 0 radical (unpaired) electrons. The number of rotatable bonds is 5. The topological polar surface area (TPSA) is 96.0 Å². The zero-order chi connectivity index (χ0) is 21.6. The number of benzene rings is 1. The Morgan fingerprint density at radius 2 is 1.81 bits per heavy atom. The predicted octanol–water partition coefficient (Wildman–Crippen LogP) is 2.12. The van der Waals surface area contributed by atoms with Gasteiger partial charge in [-0.2, -0.15) is 0 Å². The van der Waals surface area contributed by atoms with E-state index in [2.05, 4.69) is 5.32 Å². The molecule has 0 bridgehead atoms. The van der Waals surface area contributed by atoms with E-state index in [9.17, 15) is 19.2 Å². The third-order valence-electron chi connectivity index (χ3n) is 6.84. The Hall–Kier alpha value is -2.90. The number of para-hydroxylation sites is 1. The molecule has 31 heavy (non-hydrogen) atoms. The van der Waals surface area contributed by atoms with Gasteiger partial charge in [0.15, 0.2) is 6.61 Å². The molecule has 2 aliphatic carbocycles. The predicted molar refractivity (Wildman–Crippen MR) is 111 cm³/mol. The van der Waals surface area contributed by atoms with Crippen molar-refractivity contribution in [2.24, 2.45) is 0 Å². The highest BCUT2D eigenvalue weighted by Crippen LogP contribution is 2.49. The first-order chi connectivity index (χ1) is 15.0. The molecule has 4 aliphatic rings. The Morgan fingerprint density at radius 3 is 2.55 bits per heavy atom. The number of hydrogen-bond donors (Lipinski definition) is 1. The summed E-state index contributed by atoms with van der Waals surface area (Å²) in [7, 11) is 0. The number of amides is 3. The number of anilines is 1. The summed E-state index contributed by atoms with van der Waals surface area (Å²) in [5.74, 6) is -1.51. The molecule has 1 aromatic carbocycles. The largest absolute Gasteiger partial charge is 0.452 e. The number of esters is 1. The van der Waals surface area contributed by atoms with E-state index in [1.807, 2.05) is 0 Å². The molecule has 2 saturated carbocycles. The van der Waals surface area contributed by atoms with Gasteiger partial charge < -0.3 is 15.0 Å². The van der Waals surface area contributed by atoms with Gasteiger partial charge in [0.25, 0.3) is 11.8 Å². The number of carbonyl (C=O) groups is 4. The minimum atomic E-state index is -1.51. The first-order valence-corrected chi connectivity index (χ1v) is 11.2. The van der Waals surface area contributed by atoms with Gasteiger partial charge in [0, 0.05) is 24.9 Å². The maximum absolute atomic E-state index is 13.5. The summed E-state index contributed by atoms with van der Waals surface area (Å²) >= 11 is 0. The van der Waals surface area contributed by atoms with Crippen molar-refractivity contribution in [1.29, 1.82) is 0 Å². The Bertz CT molecular complexity index is 937. The first-order valence-electron chi connectivity index (χ1n) is 11.2. The van der Waals surface area contributed by atoms with Gasteiger partial charge in [0.05, 0.1) is 11.3 Å². The highest BCUT2D eigenvalue weighted by molar-refractivity contribution is 6.15. The van der Waals surface area contributed by atoms with Gasteiger partial charge in [-0.3, -0.25) is 19.3 Å². The van der Waals surface area contributed by atoms with Crippen molar-refractivity contribution in [2.45, 2.75) is 75.5 Å². The van der Waals surface area contributed by atoms with E-state index in [-0.39, 0.29) is 42.6 Å². The summed E-state index contributed by atoms with van der Waals surface area (Å²) in [5.41, 5.74) is -0.645. The lowest BCUT2D eigenvalue weighted by molar-refractivity contribution is -0.160. The van der Waals surface area contributed by atoms with Crippen LogP contribution in [-0.4, -0.2) is 52.9 Å². The van der Waals surface area contributed by atoms with Crippen molar-refractivity contribution in [3.8, 4) is 0 Å². The van der Waals surface area contributed by atoms with Crippen LogP contribution in [0.1, 0.15) is 68.1 Å². The van der Waals surface area contributed by atoms with Crippen molar-refractivity contribution in [3.63, 3.8) is 0 Å². The molecule has 3 fully saturated rings. The van der Waals surface area contributed by atoms with Crippen LogP contribution in [0.4, 0.5) is 5.69 Å². The minimum Gasteiger partial charge on any atom is -0.452 e. The van der Waals surface area contributed by atoms with Crippen LogP contribution in [0.5, 0.6) is 0 Å². The molecular weight excluding hydrogens is 398 g/mol. The summed E-state index contributed by atoms with van der Waals surface area (Å²) in [6, 6.07) is 6.90. The Labute approximate surface area is 180 Å². The molecule has 0 spiro atoms. The van der Waals surface area contributed by atoms with Crippen LogP contribution < -0.4 is 10.2 Å². The molecule has 1 saturated heterocycles. The van der Waals surface area contributed by atoms with Gasteiger partial charge in [0.2, 0.25) is 11.6 Å². The zero-order valence-electron chi connectivity index (χ0n) is 17.5. The van der Waals surface area contributed by atoms with Crippen molar-refractivity contribution >= 4 is 29.4 Å². The summed E-state index contributed by atoms with van der Waals surface area (Å²) in [5, 5.41) is 2.94. The van der Waals surface area contributed by atoms with Crippen molar-refractivity contribution in [3.05, 3.63) is 29.8 Å². The second-order valence-corrected chi connectivity index (χ2v) is 8.95. The van der Waals surface area contributed by atoms with E-state index in [4.69, 9.17) is 4.74 Å². The van der Waals surface area contributed by atoms with Gasteiger partial charge in [-0.1, -0.05) is 31.4 Å². The van der Waals surface area contributed by atoms with Crippen LogP contribution in [0.25, 0.3) is 0 Å². The molecule has 1 atom stereocenters.